The molecule has 0 bridgehead atoms. The van der Waals surface area contributed by atoms with Crippen LogP contribution in [-0.2, 0) is 12.8 Å². The van der Waals surface area contributed by atoms with Gasteiger partial charge < -0.3 is 9.42 Å². The predicted octanol–water partition coefficient (Wildman–Crippen LogP) is 3.34. The molecule has 1 unspecified atom stereocenters. The number of hydrogen-bond donors (Lipinski definition) is 0. The Morgan fingerprint density at radius 3 is 3.04 bits per heavy atom. The van der Waals surface area contributed by atoms with Crippen LogP contribution in [0.3, 0.4) is 0 Å². The van der Waals surface area contributed by atoms with Crippen molar-refractivity contribution in [3.8, 4) is 0 Å². The quantitative estimate of drug-likeness (QED) is 0.847. The number of amides is 1. The normalized spacial score (nSPS) is 21.3. The van der Waals surface area contributed by atoms with Gasteiger partial charge in [0, 0.05) is 42.1 Å². The number of piperidine rings is 1. The maximum absolute atomic E-state index is 12.9. The van der Waals surface area contributed by atoms with Crippen LogP contribution in [0.25, 0.3) is 0 Å². The first-order valence-corrected chi connectivity index (χ1v) is 9.23. The second kappa shape index (κ2) is 6.07. The molecule has 4 rings (SSSR count). The van der Waals surface area contributed by atoms with E-state index in [9.17, 15) is 4.79 Å². The van der Waals surface area contributed by atoms with Crippen molar-refractivity contribution in [1.29, 1.82) is 0 Å². The molecule has 0 radical (unpaired) electrons. The van der Waals surface area contributed by atoms with E-state index >= 15 is 0 Å². The van der Waals surface area contributed by atoms with Gasteiger partial charge in [-0.2, -0.15) is 0 Å². The zero-order valence-electron chi connectivity index (χ0n) is 13.4. The molecular weight excluding hydrogens is 310 g/mol. The lowest BCUT2D eigenvalue weighted by molar-refractivity contribution is 0.0695. The summed E-state index contributed by atoms with van der Waals surface area (Å²) in [5.41, 5.74) is 1.60. The number of aryl methyl sites for hydroxylation is 2. The molecule has 5 nitrogen and oxygen atoms in total. The molecule has 1 aliphatic carbocycles. The number of carbonyl (C=O) groups excluding carboxylic acids is 1. The Labute approximate surface area is 139 Å². The highest BCUT2D eigenvalue weighted by atomic mass is 32.1. The summed E-state index contributed by atoms with van der Waals surface area (Å²) in [5, 5.41) is 5.25. The molecule has 0 saturated carbocycles. The Morgan fingerprint density at radius 2 is 2.22 bits per heavy atom. The second-order valence-corrected chi connectivity index (χ2v) is 7.81. The number of nitrogens with zero attached hydrogens (tertiary/aromatic N) is 3. The van der Waals surface area contributed by atoms with Crippen LogP contribution in [0.15, 0.2) is 10.7 Å². The molecule has 122 valence electrons. The van der Waals surface area contributed by atoms with Crippen LogP contribution < -0.4 is 0 Å². The molecule has 23 heavy (non-hydrogen) atoms. The van der Waals surface area contributed by atoms with Crippen LogP contribution >= 0.6 is 11.3 Å². The first-order valence-electron chi connectivity index (χ1n) is 8.41. The minimum absolute atomic E-state index is 0.0369. The van der Waals surface area contributed by atoms with Crippen molar-refractivity contribution in [2.24, 2.45) is 0 Å². The minimum atomic E-state index is 0.0369. The molecule has 1 aliphatic heterocycles. The van der Waals surface area contributed by atoms with Gasteiger partial charge >= 0.3 is 0 Å². The number of likely N-dealkylation sites (tertiary alicyclic amines) is 1. The number of hydrogen-bond acceptors (Lipinski definition) is 5. The zero-order chi connectivity index (χ0) is 15.8. The van der Waals surface area contributed by atoms with Crippen molar-refractivity contribution in [3.63, 3.8) is 0 Å². The summed E-state index contributed by atoms with van der Waals surface area (Å²) in [5.74, 6) is 1.31. The van der Waals surface area contributed by atoms with Crippen molar-refractivity contribution < 1.29 is 9.32 Å². The molecule has 1 amide bonds. The van der Waals surface area contributed by atoms with E-state index in [1.165, 1.54) is 4.88 Å². The van der Waals surface area contributed by atoms with Crippen molar-refractivity contribution in [1.82, 2.24) is 15.0 Å². The minimum Gasteiger partial charge on any atom is -0.360 e. The summed E-state index contributed by atoms with van der Waals surface area (Å²) in [6.07, 6.45) is 8.14. The van der Waals surface area contributed by atoms with Gasteiger partial charge in [0.25, 0.3) is 5.91 Å². The lowest BCUT2D eigenvalue weighted by Gasteiger charge is -2.31. The Morgan fingerprint density at radius 1 is 1.35 bits per heavy atom. The first kappa shape index (κ1) is 14.9. The molecule has 1 fully saturated rings. The van der Waals surface area contributed by atoms with Crippen LogP contribution in [0.2, 0.25) is 0 Å². The fourth-order valence-electron chi connectivity index (χ4n) is 3.63. The standard InChI is InChI=1S/C17H21N3O2S/c1-11-9-18-16(23-11)12-5-4-8-20(10-12)17(21)15-13-6-2-3-7-14(13)22-19-15/h9,12H,2-8,10H2,1H3. The van der Waals surface area contributed by atoms with Crippen LogP contribution in [-0.4, -0.2) is 34.0 Å². The molecule has 2 aromatic rings. The molecule has 0 spiro atoms. The smallest absolute Gasteiger partial charge is 0.276 e. The first-order chi connectivity index (χ1) is 11.2. The number of aromatic nitrogens is 2. The topological polar surface area (TPSA) is 59.2 Å². The summed E-state index contributed by atoms with van der Waals surface area (Å²) >= 11 is 1.75. The Balaban J connectivity index is 1.53. The number of thiazole rings is 1. The van der Waals surface area contributed by atoms with Gasteiger partial charge in [-0.25, -0.2) is 4.98 Å². The van der Waals surface area contributed by atoms with E-state index in [0.29, 0.717) is 11.6 Å². The third-order valence-corrected chi connectivity index (χ3v) is 5.93. The molecule has 1 atom stereocenters. The van der Waals surface area contributed by atoms with Gasteiger partial charge in [-0.15, -0.1) is 11.3 Å². The van der Waals surface area contributed by atoms with Crippen LogP contribution in [0, 0.1) is 6.92 Å². The molecule has 6 heteroatoms. The van der Waals surface area contributed by atoms with Crippen LogP contribution in [0.4, 0.5) is 0 Å². The van der Waals surface area contributed by atoms with E-state index in [2.05, 4.69) is 17.1 Å². The van der Waals surface area contributed by atoms with Crippen molar-refractivity contribution >= 4 is 17.2 Å². The lowest BCUT2D eigenvalue weighted by atomic mass is 9.95. The summed E-state index contributed by atoms with van der Waals surface area (Å²) in [4.78, 5) is 20.6. The van der Waals surface area contributed by atoms with E-state index in [1.54, 1.807) is 11.3 Å². The summed E-state index contributed by atoms with van der Waals surface area (Å²) in [7, 11) is 0. The van der Waals surface area contributed by atoms with Gasteiger partial charge in [0.15, 0.2) is 5.69 Å². The molecule has 0 aromatic carbocycles. The molecular formula is C17H21N3O2S. The fraction of sp³-hybridized carbons (Fsp3) is 0.588. The van der Waals surface area contributed by atoms with E-state index < -0.39 is 0 Å². The van der Waals surface area contributed by atoms with Crippen molar-refractivity contribution in [3.05, 3.63) is 33.1 Å². The monoisotopic (exact) mass is 331 g/mol. The number of fused-ring (bicyclic) bond motifs is 1. The summed E-state index contributed by atoms with van der Waals surface area (Å²) in [6, 6.07) is 0. The molecule has 1 saturated heterocycles. The van der Waals surface area contributed by atoms with Gasteiger partial charge in [0.2, 0.25) is 0 Å². The van der Waals surface area contributed by atoms with Gasteiger partial charge in [-0.05, 0) is 39.0 Å². The summed E-state index contributed by atoms with van der Waals surface area (Å²) in [6.45, 7) is 3.63. The highest BCUT2D eigenvalue weighted by Gasteiger charge is 2.31. The SMILES string of the molecule is Cc1cnc(C2CCCN(C(=O)c3noc4c3CCCC4)C2)s1. The molecule has 2 aliphatic rings. The molecule has 0 N–H and O–H groups in total. The third kappa shape index (κ3) is 2.80. The van der Waals surface area contributed by atoms with Crippen molar-refractivity contribution in [2.75, 3.05) is 13.1 Å². The van der Waals surface area contributed by atoms with E-state index in [0.717, 1.165) is 67.9 Å². The van der Waals surface area contributed by atoms with Gasteiger partial charge in [-0.3, -0.25) is 4.79 Å². The zero-order valence-corrected chi connectivity index (χ0v) is 14.2. The van der Waals surface area contributed by atoms with E-state index in [4.69, 9.17) is 4.52 Å². The second-order valence-electron chi connectivity index (χ2n) is 6.54. The highest BCUT2D eigenvalue weighted by Crippen LogP contribution is 2.31. The predicted molar refractivity (Wildman–Crippen MR) is 87.9 cm³/mol. The van der Waals surface area contributed by atoms with Crippen LogP contribution in [0.5, 0.6) is 0 Å². The fourth-order valence-corrected chi connectivity index (χ4v) is 4.53. The van der Waals surface area contributed by atoms with E-state index in [-0.39, 0.29) is 5.91 Å². The highest BCUT2D eigenvalue weighted by molar-refractivity contribution is 7.11. The number of carbonyl (C=O) groups is 1. The lowest BCUT2D eigenvalue weighted by Crippen LogP contribution is -2.39. The van der Waals surface area contributed by atoms with Crippen LogP contribution in [0.1, 0.15) is 63.3 Å². The molecule has 3 heterocycles. The summed E-state index contributed by atoms with van der Waals surface area (Å²) < 4.78 is 5.41. The maximum Gasteiger partial charge on any atom is 0.276 e. The Hall–Kier alpha value is -1.69. The van der Waals surface area contributed by atoms with E-state index in [1.807, 2.05) is 11.1 Å². The molecule has 2 aromatic heterocycles. The third-order valence-electron chi connectivity index (χ3n) is 4.85. The largest absolute Gasteiger partial charge is 0.360 e. The number of rotatable bonds is 2. The maximum atomic E-state index is 12.9. The van der Waals surface area contributed by atoms with Gasteiger partial charge in [0.1, 0.15) is 5.76 Å². The van der Waals surface area contributed by atoms with Gasteiger partial charge in [-0.1, -0.05) is 5.16 Å². The Bertz CT molecular complexity index is 721. The average Bonchev–Trinajstić information content (AvgIpc) is 3.20. The van der Waals surface area contributed by atoms with Crippen molar-refractivity contribution in [2.45, 2.75) is 51.4 Å². The van der Waals surface area contributed by atoms with Gasteiger partial charge in [0.05, 0.1) is 5.01 Å². The Kier molecular flexibility index (Phi) is 3.93. The average molecular weight is 331 g/mol.